The molecule has 1 rings (SSSR count). The van der Waals surface area contributed by atoms with Crippen molar-refractivity contribution in [1.29, 1.82) is 0 Å². The molecule has 71 valence electrons. The summed E-state index contributed by atoms with van der Waals surface area (Å²) in [5, 5.41) is 11.3. The van der Waals surface area contributed by atoms with Crippen molar-refractivity contribution in [2.24, 2.45) is 0 Å². The van der Waals surface area contributed by atoms with Gasteiger partial charge in [0.15, 0.2) is 0 Å². The molecule has 1 aromatic rings. The van der Waals surface area contributed by atoms with Crippen LogP contribution in [0.25, 0.3) is 0 Å². The Bertz CT molecular complexity index is 253. The van der Waals surface area contributed by atoms with Gasteiger partial charge in [0.25, 0.3) is 0 Å². The summed E-state index contributed by atoms with van der Waals surface area (Å²) in [6.45, 7) is 3.88. The highest BCUT2D eigenvalue weighted by Gasteiger charge is 2.06. The Labute approximate surface area is 80.4 Å². The molecule has 1 nitrogen and oxygen atoms in total. The maximum absolute atomic E-state index is 11.3. The molecule has 0 N–H and O–H groups in total. The number of aryl methyl sites for hydroxylation is 1. The minimum Gasteiger partial charge on any atom is -0.228 e. The van der Waals surface area contributed by atoms with Gasteiger partial charge in [-0.25, -0.2) is 5.11 Å². The number of unbranched alkanes of at least 4 members (excludes halogenated alkanes) is 1. The van der Waals surface area contributed by atoms with E-state index < -0.39 is 6.10 Å². The lowest BCUT2D eigenvalue weighted by Crippen LogP contribution is -1.96. The molecular formula is C12H17O. The first-order chi connectivity index (χ1) is 6.25. The largest absolute Gasteiger partial charge is 0.228 e. The summed E-state index contributed by atoms with van der Waals surface area (Å²) in [4.78, 5) is 0. The molecule has 0 saturated heterocycles. The summed E-state index contributed by atoms with van der Waals surface area (Å²) in [5.41, 5.74) is 2.20. The van der Waals surface area contributed by atoms with Gasteiger partial charge in [-0.1, -0.05) is 37.6 Å². The molecule has 0 fully saturated rings. The Morgan fingerprint density at radius 1 is 1.31 bits per heavy atom. The Hall–Kier alpha value is -0.820. The highest BCUT2D eigenvalue weighted by atomic mass is 16.3. The first kappa shape index (κ1) is 10.3. The summed E-state index contributed by atoms with van der Waals surface area (Å²) in [5.74, 6) is 0. The van der Waals surface area contributed by atoms with Gasteiger partial charge in [0, 0.05) is 0 Å². The highest BCUT2D eigenvalue weighted by Crippen LogP contribution is 2.19. The van der Waals surface area contributed by atoms with E-state index in [0.717, 1.165) is 12.0 Å². The SMILES string of the molecule is CCCCc1ccccc1C(C)[O]. The number of benzene rings is 1. The van der Waals surface area contributed by atoms with Crippen LogP contribution in [0.5, 0.6) is 0 Å². The standard InChI is InChI=1S/C12H17O/c1-3-4-7-11-8-5-6-9-12(11)10(2)13/h5-6,8-10H,3-4,7H2,1-2H3. The fraction of sp³-hybridized carbons (Fsp3) is 0.500. The lowest BCUT2D eigenvalue weighted by molar-refractivity contribution is 0.105. The van der Waals surface area contributed by atoms with Crippen LogP contribution in [0.1, 0.15) is 43.9 Å². The molecule has 0 spiro atoms. The summed E-state index contributed by atoms with van der Waals surface area (Å²) >= 11 is 0. The monoisotopic (exact) mass is 177 g/mol. The van der Waals surface area contributed by atoms with Gasteiger partial charge in [-0.15, -0.1) is 0 Å². The van der Waals surface area contributed by atoms with E-state index >= 15 is 0 Å². The summed E-state index contributed by atoms with van der Waals surface area (Å²) in [6.07, 6.45) is 2.80. The predicted octanol–water partition coefficient (Wildman–Crippen LogP) is 3.52. The molecule has 1 unspecified atom stereocenters. The molecule has 0 aliphatic heterocycles. The van der Waals surface area contributed by atoms with E-state index in [9.17, 15) is 5.11 Å². The highest BCUT2D eigenvalue weighted by molar-refractivity contribution is 5.28. The molecule has 1 heteroatoms. The maximum Gasteiger partial charge on any atom is 0.115 e. The van der Waals surface area contributed by atoms with Crippen molar-refractivity contribution in [3.05, 3.63) is 35.4 Å². The van der Waals surface area contributed by atoms with Crippen LogP contribution in [0, 0.1) is 0 Å². The van der Waals surface area contributed by atoms with E-state index in [2.05, 4.69) is 13.0 Å². The zero-order valence-electron chi connectivity index (χ0n) is 8.42. The molecule has 1 aromatic carbocycles. The van der Waals surface area contributed by atoms with Crippen LogP contribution in [0.15, 0.2) is 24.3 Å². The first-order valence-electron chi connectivity index (χ1n) is 4.99. The van der Waals surface area contributed by atoms with Gasteiger partial charge in [-0.3, -0.25) is 0 Å². The first-order valence-corrected chi connectivity index (χ1v) is 4.99. The molecule has 0 heterocycles. The van der Waals surface area contributed by atoms with Crippen LogP contribution < -0.4 is 0 Å². The van der Waals surface area contributed by atoms with Gasteiger partial charge >= 0.3 is 0 Å². The van der Waals surface area contributed by atoms with Crippen molar-refractivity contribution in [1.82, 2.24) is 0 Å². The van der Waals surface area contributed by atoms with E-state index in [1.807, 2.05) is 18.2 Å². The van der Waals surface area contributed by atoms with Crippen LogP contribution in [0.3, 0.4) is 0 Å². The quantitative estimate of drug-likeness (QED) is 0.670. The lowest BCUT2D eigenvalue weighted by Gasteiger charge is -2.09. The van der Waals surface area contributed by atoms with E-state index in [4.69, 9.17) is 0 Å². The van der Waals surface area contributed by atoms with Crippen LogP contribution in [0.2, 0.25) is 0 Å². The normalized spacial score (nSPS) is 12.8. The Morgan fingerprint density at radius 2 is 2.00 bits per heavy atom. The molecule has 13 heavy (non-hydrogen) atoms. The molecule has 1 radical (unpaired) electrons. The second-order valence-corrected chi connectivity index (χ2v) is 3.44. The van der Waals surface area contributed by atoms with E-state index in [-0.39, 0.29) is 0 Å². The molecule has 0 aliphatic carbocycles. The molecule has 1 atom stereocenters. The van der Waals surface area contributed by atoms with Crippen molar-refractivity contribution in [3.63, 3.8) is 0 Å². The minimum absolute atomic E-state index is 0.590. The van der Waals surface area contributed by atoms with Crippen LogP contribution in [-0.2, 0) is 11.5 Å². The summed E-state index contributed by atoms with van der Waals surface area (Å²) in [7, 11) is 0. The molecule has 0 amide bonds. The lowest BCUT2D eigenvalue weighted by atomic mass is 9.99. The minimum atomic E-state index is -0.590. The average Bonchev–Trinajstić information content (AvgIpc) is 2.15. The fourth-order valence-electron chi connectivity index (χ4n) is 1.53. The number of rotatable bonds is 4. The number of hydrogen-bond acceptors (Lipinski definition) is 0. The molecule has 0 bridgehead atoms. The van der Waals surface area contributed by atoms with Gasteiger partial charge in [0.1, 0.15) is 6.10 Å². The third-order valence-electron chi connectivity index (χ3n) is 2.29. The molecule has 0 aliphatic rings. The van der Waals surface area contributed by atoms with E-state index in [1.165, 1.54) is 18.4 Å². The molecular weight excluding hydrogens is 160 g/mol. The molecule has 0 aromatic heterocycles. The van der Waals surface area contributed by atoms with Gasteiger partial charge < -0.3 is 0 Å². The van der Waals surface area contributed by atoms with Gasteiger partial charge in [-0.2, -0.15) is 0 Å². The van der Waals surface area contributed by atoms with Gasteiger partial charge in [-0.05, 0) is 30.9 Å². The van der Waals surface area contributed by atoms with Crippen LogP contribution >= 0.6 is 0 Å². The van der Waals surface area contributed by atoms with Crippen LogP contribution in [0.4, 0.5) is 0 Å². The zero-order chi connectivity index (χ0) is 9.68. The Kier molecular flexibility index (Phi) is 3.97. The number of hydrogen-bond donors (Lipinski definition) is 0. The molecule has 0 saturated carbocycles. The Balaban J connectivity index is 2.78. The predicted molar refractivity (Wildman–Crippen MR) is 54.2 cm³/mol. The van der Waals surface area contributed by atoms with Gasteiger partial charge in [0.2, 0.25) is 0 Å². The van der Waals surface area contributed by atoms with Crippen molar-refractivity contribution >= 4 is 0 Å². The Morgan fingerprint density at radius 3 is 2.62 bits per heavy atom. The average molecular weight is 177 g/mol. The van der Waals surface area contributed by atoms with E-state index in [1.54, 1.807) is 6.92 Å². The van der Waals surface area contributed by atoms with Crippen molar-refractivity contribution in [3.8, 4) is 0 Å². The van der Waals surface area contributed by atoms with Crippen molar-refractivity contribution < 1.29 is 5.11 Å². The summed E-state index contributed by atoms with van der Waals surface area (Å²) < 4.78 is 0. The summed E-state index contributed by atoms with van der Waals surface area (Å²) in [6, 6.07) is 7.97. The van der Waals surface area contributed by atoms with Crippen LogP contribution in [-0.4, -0.2) is 0 Å². The second-order valence-electron chi connectivity index (χ2n) is 3.44. The van der Waals surface area contributed by atoms with E-state index in [0.29, 0.717) is 0 Å². The van der Waals surface area contributed by atoms with Crippen molar-refractivity contribution in [2.75, 3.05) is 0 Å². The van der Waals surface area contributed by atoms with Crippen molar-refractivity contribution in [2.45, 2.75) is 39.2 Å². The fourth-order valence-corrected chi connectivity index (χ4v) is 1.53. The second kappa shape index (κ2) is 5.03. The van der Waals surface area contributed by atoms with Gasteiger partial charge in [0.05, 0.1) is 0 Å². The third-order valence-corrected chi connectivity index (χ3v) is 2.29. The maximum atomic E-state index is 11.3. The third kappa shape index (κ3) is 2.85. The topological polar surface area (TPSA) is 19.9 Å². The smallest absolute Gasteiger partial charge is 0.115 e. The zero-order valence-corrected chi connectivity index (χ0v) is 8.42.